The minimum absolute atomic E-state index is 0.418. The third-order valence-corrected chi connectivity index (χ3v) is 3.22. The molecular weight excluding hydrogens is 262 g/mol. The molecule has 0 aliphatic heterocycles. The molecule has 4 heteroatoms. The van der Waals surface area contributed by atoms with Crippen molar-refractivity contribution in [2.45, 2.75) is 27.7 Å². The van der Waals surface area contributed by atoms with Crippen LogP contribution in [0.5, 0.6) is 0 Å². The first-order valence-electron chi connectivity index (χ1n) is 7.13. The van der Waals surface area contributed by atoms with Crippen molar-refractivity contribution in [3.8, 4) is 0 Å². The van der Waals surface area contributed by atoms with Crippen LogP contribution in [0.25, 0.3) is 0 Å². The Hall–Kier alpha value is -2.10. The maximum absolute atomic E-state index is 5.15. The zero-order chi connectivity index (χ0) is 15.8. The van der Waals surface area contributed by atoms with E-state index in [1.807, 2.05) is 25.2 Å². The smallest absolute Gasteiger partial charge is 0.135 e. The topological polar surface area (TPSA) is 37.2 Å². The summed E-state index contributed by atoms with van der Waals surface area (Å²) in [5.41, 5.74) is 5.18. The number of nitrogens with zero attached hydrogens (tertiary/aromatic N) is 3. The van der Waals surface area contributed by atoms with Crippen molar-refractivity contribution in [3.63, 3.8) is 0 Å². The molecule has 0 aliphatic rings. The Labute approximate surface area is 127 Å². The summed E-state index contributed by atoms with van der Waals surface area (Å²) >= 11 is 0. The molecule has 0 aliphatic carbocycles. The van der Waals surface area contributed by atoms with E-state index in [4.69, 9.17) is 4.84 Å². The second-order valence-electron chi connectivity index (χ2n) is 5.03. The Bertz CT molecular complexity index is 547. The molecule has 0 N–H and O–H groups in total. The van der Waals surface area contributed by atoms with Gasteiger partial charge in [0.05, 0.1) is 17.7 Å². The monoisotopic (exact) mass is 287 g/mol. The van der Waals surface area contributed by atoms with E-state index in [-0.39, 0.29) is 0 Å². The van der Waals surface area contributed by atoms with Crippen molar-refractivity contribution in [1.29, 1.82) is 0 Å². The third kappa shape index (κ3) is 5.06. The largest absolute Gasteiger partial charge is 0.391 e. The Morgan fingerprint density at radius 2 is 2.05 bits per heavy atom. The highest BCUT2D eigenvalue weighted by Gasteiger charge is 2.07. The van der Waals surface area contributed by atoms with Crippen LogP contribution in [0.3, 0.4) is 0 Å². The van der Waals surface area contributed by atoms with Gasteiger partial charge in [-0.25, -0.2) is 4.99 Å². The van der Waals surface area contributed by atoms with E-state index in [9.17, 15) is 0 Å². The summed E-state index contributed by atoms with van der Waals surface area (Å²) < 4.78 is 0. The summed E-state index contributed by atoms with van der Waals surface area (Å²) in [6, 6.07) is 4.18. The van der Waals surface area contributed by atoms with Gasteiger partial charge in [-0.2, -0.15) is 0 Å². The molecule has 0 aromatic heterocycles. The molecule has 0 spiro atoms. The van der Waals surface area contributed by atoms with Crippen LogP contribution in [0.1, 0.15) is 30.5 Å². The molecule has 0 saturated heterocycles. The average molecular weight is 287 g/mol. The molecule has 0 saturated carbocycles. The molecule has 1 rings (SSSR count). The highest BCUT2D eigenvalue weighted by molar-refractivity contribution is 6.00. The van der Waals surface area contributed by atoms with Crippen molar-refractivity contribution < 1.29 is 4.84 Å². The van der Waals surface area contributed by atoms with E-state index in [1.54, 1.807) is 6.08 Å². The van der Waals surface area contributed by atoms with Gasteiger partial charge in [0.2, 0.25) is 0 Å². The minimum atomic E-state index is 0.418. The Morgan fingerprint density at radius 1 is 1.33 bits per heavy atom. The second kappa shape index (κ2) is 8.25. The Morgan fingerprint density at radius 3 is 2.67 bits per heavy atom. The van der Waals surface area contributed by atoms with Crippen LogP contribution in [0, 0.1) is 13.8 Å². The highest BCUT2D eigenvalue weighted by Crippen LogP contribution is 2.23. The molecule has 0 radical (unpaired) electrons. The molecule has 21 heavy (non-hydrogen) atoms. The summed E-state index contributed by atoms with van der Waals surface area (Å²) in [5.74, 6) is 0. The van der Waals surface area contributed by atoms with E-state index in [0.717, 1.165) is 34.6 Å². The molecule has 0 fully saturated rings. The van der Waals surface area contributed by atoms with Gasteiger partial charge in [0.1, 0.15) is 6.61 Å². The minimum Gasteiger partial charge on any atom is -0.391 e. The molecule has 1 aromatic carbocycles. The zero-order valence-corrected chi connectivity index (χ0v) is 13.7. The number of hydrogen-bond acceptors (Lipinski definition) is 3. The molecule has 0 unspecified atom stereocenters. The first-order valence-corrected chi connectivity index (χ1v) is 7.13. The van der Waals surface area contributed by atoms with Gasteiger partial charge in [0.25, 0.3) is 0 Å². The van der Waals surface area contributed by atoms with Crippen LogP contribution < -0.4 is 0 Å². The van der Waals surface area contributed by atoms with E-state index in [0.29, 0.717) is 6.61 Å². The van der Waals surface area contributed by atoms with E-state index in [1.165, 1.54) is 0 Å². The summed E-state index contributed by atoms with van der Waals surface area (Å²) in [5, 5.41) is 4.10. The number of aliphatic imine (C=N–C) groups is 1. The van der Waals surface area contributed by atoms with Gasteiger partial charge in [-0.05, 0) is 51.0 Å². The van der Waals surface area contributed by atoms with E-state index < -0.39 is 0 Å². The van der Waals surface area contributed by atoms with Crippen LogP contribution in [0.2, 0.25) is 0 Å². The van der Waals surface area contributed by atoms with Crippen LogP contribution >= 0.6 is 0 Å². The summed E-state index contributed by atoms with van der Waals surface area (Å²) in [6.45, 7) is 13.1. The standard InChI is InChI=1S/C17H25N3O/c1-7-9-21-19-15(5)16-10-14(4)17(11-13(16)3)18-12-20(6)8-2/h7,10-12H,1,8-9H2,2-6H3/b18-12?,19-15+. The number of rotatable bonds is 7. The summed E-state index contributed by atoms with van der Waals surface area (Å²) in [6.07, 6.45) is 3.53. The van der Waals surface area contributed by atoms with Crippen LogP contribution in [-0.2, 0) is 4.84 Å². The van der Waals surface area contributed by atoms with Gasteiger partial charge in [-0.15, -0.1) is 0 Å². The number of oxime groups is 1. The molecule has 0 heterocycles. The summed E-state index contributed by atoms with van der Waals surface area (Å²) in [4.78, 5) is 11.7. The molecule has 0 atom stereocenters. The fraction of sp³-hybridized carbons (Fsp3) is 0.412. The van der Waals surface area contributed by atoms with Crippen molar-refractivity contribution in [1.82, 2.24) is 4.90 Å². The number of aryl methyl sites for hydroxylation is 2. The first kappa shape index (κ1) is 17.0. The highest BCUT2D eigenvalue weighted by atomic mass is 16.6. The maximum Gasteiger partial charge on any atom is 0.135 e. The second-order valence-corrected chi connectivity index (χ2v) is 5.03. The quantitative estimate of drug-likeness (QED) is 0.251. The number of hydrogen-bond donors (Lipinski definition) is 0. The van der Waals surface area contributed by atoms with Crippen LogP contribution in [0.15, 0.2) is 34.9 Å². The predicted molar refractivity (Wildman–Crippen MR) is 90.7 cm³/mol. The maximum atomic E-state index is 5.15. The van der Waals surface area contributed by atoms with Crippen LogP contribution in [0.4, 0.5) is 5.69 Å². The fourth-order valence-electron chi connectivity index (χ4n) is 1.81. The van der Waals surface area contributed by atoms with E-state index >= 15 is 0 Å². The average Bonchev–Trinajstić information content (AvgIpc) is 2.47. The third-order valence-electron chi connectivity index (χ3n) is 3.22. The molecule has 0 amide bonds. The van der Waals surface area contributed by atoms with Gasteiger partial charge in [0, 0.05) is 19.2 Å². The molecular formula is C17H25N3O. The zero-order valence-electron chi connectivity index (χ0n) is 13.7. The van der Waals surface area contributed by atoms with Crippen molar-refractivity contribution in [2.24, 2.45) is 10.1 Å². The fourth-order valence-corrected chi connectivity index (χ4v) is 1.81. The van der Waals surface area contributed by atoms with Crippen molar-refractivity contribution in [3.05, 3.63) is 41.5 Å². The lowest BCUT2D eigenvalue weighted by Gasteiger charge is -2.11. The lowest BCUT2D eigenvalue weighted by Crippen LogP contribution is -2.14. The number of benzene rings is 1. The van der Waals surface area contributed by atoms with Crippen LogP contribution in [-0.4, -0.2) is 37.1 Å². The van der Waals surface area contributed by atoms with Gasteiger partial charge < -0.3 is 9.74 Å². The van der Waals surface area contributed by atoms with E-state index in [2.05, 4.69) is 49.6 Å². The lowest BCUT2D eigenvalue weighted by atomic mass is 10.0. The lowest BCUT2D eigenvalue weighted by molar-refractivity contribution is 0.175. The Balaban J connectivity index is 3.01. The summed E-state index contributed by atoms with van der Waals surface area (Å²) in [7, 11) is 2.01. The molecule has 1 aromatic rings. The molecule has 4 nitrogen and oxygen atoms in total. The van der Waals surface area contributed by atoms with Gasteiger partial charge in [-0.1, -0.05) is 17.8 Å². The first-order chi connectivity index (χ1) is 9.99. The van der Waals surface area contributed by atoms with Gasteiger partial charge >= 0.3 is 0 Å². The molecule has 114 valence electrons. The Kier molecular flexibility index (Phi) is 6.66. The predicted octanol–water partition coefficient (Wildman–Crippen LogP) is 3.84. The van der Waals surface area contributed by atoms with Gasteiger partial charge in [0.15, 0.2) is 0 Å². The normalized spacial score (nSPS) is 11.8. The molecule has 0 bridgehead atoms. The van der Waals surface area contributed by atoms with Gasteiger partial charge in [-0.3, -0.25) is 0 Å². The SMILES string of the molecule is C=CCO/N=C(\C)c1cc(C)c(N=CN(C)CC)cc1C. The van der Waals surface area contributed by atoms with Crippen molar-refractivity contribution in [2.75, 3.05) is 20.2 Å². The van der Waals surface area contributed by atoms with Crippen molar-refractivity contribution >= 4 is 17.7 Å².